The molecule has 0 aromatic rings. The Bertz CT molecular complexity index is 1890. The van der Waals surface area contributed by atoms with E-state index >= 15 is 0 Å². The van der Waals surface area contributed by atoms with Crippen LogP contribution in [0.5, 0.6) is 0 Å². The number of carbonyl (C=O) groups is 1. The van der Waals surface area contributed by atoms with Crippen molar-refractivity contribution in [1.82, 2.24) is 5.32 Å². The van der Waals surface area contributed by atoms with E-state index in [4.69, 9.17) is 28.4 Å². The Balaban J connectivity index is 1.48. The molecular weight excluding hydrogens is 1110 g/mol. The summed E-state index contributed by atoms with van der Waals surface area (Å²) in [6.45, 7) is 1.57. The SMILES string of the molecule is CC/C=C\C/C=C\C/C=C\C/C=C\CCCCCCCCCCCCC(=O)NC(COC1OC(CO)C(OC2OC(CO)C(OC3OC(CO)C(O)C(O)C3O)C(O)C2O)C(O)C1O)C(O)/C=C/CC/C=C/CC/C=C/CCCCCCCCCC. The lowest BCUT2D eigenvalue weighted by Gasteiger charge is -2.48. The van der Waals surface area contributed by atoms with Gasteiger partial charge in [0, 0.05) is 6.42 Å². The third-order valence-electron chi connectivity index (χ3n) is 15.9. The van der Waals surface area contributed by atoms with Gasteiger partial charge in [-0.15, -0.1) is 0 Å². The van der Waals surface area contributed by atoms with Crippen molar-refractivity contribution in [3.63, 3.8) is 0 Å². The molecule has 3 rings (SSSR count). The Morgan fingerprint density at radius 2 is 0.814 bits per heavy atom. The molecule has 3 aliphatic heterocycles. The monoisotopic (exact) mass is 1220 g/mol. The molecule has 12 N–H and O–H groups in total. The van der Waals surface area contributed by atoms with Gasteiger partial charge in [-0.05, 0) is 83.5 Å². The first kappa shape index (κ1) is 77.2. The summed E-state index contributed by atoms with van der Waals surface area (Å²) in [5, 5.41) is 120. The average Bonchev–Trinajstić information content (AvgIpc) is 1.83. The molecule has 86 heavy (non-hydrogen) atoms. The van der Waals surface area contributed by atoms with E-state index in [2.05, 4.69) is 92.1 Å². The standard InChI is InChI=1S/C67H115NO18/c1-3-5-7-9-11-13-15-17-19-21-23-24-25-26-27-29-31-33-35-37-39-41-43-45-55(73)68-50(51(72)44-42-40-38-36-34-32-30-28-22-20-18-16-14-12-10-8-6-4-2)49-81-65-61(79)58(76)63(53(47-70)83-65)86-67-62(80)59(77)64(54(48-71)84-67)85-66-60(78)57(75)56(74)52(46-69)82-66/h5,7,11,13,17,19,22-24,28,34,36,42,44,50-54,56-67,69-72,74-80H,3-4,6,8-10,12,14-16,18,20-21,25-27,29-33,35,37-41,43,45-49H2,1-2H3,(H,68,73)/b7-5-,13-11-,19-17-,24-23-,28-22+,36-34+,44-42+. The maximum absolute atomic E-state index is 13.4. The minimum absolute atomic E-state index is 0.222. The van der Waals surface area contributed by atoms with E-state index in [0.717, 1.165) is 83.5 Å². The van der Waals surface area contributed by atoms with Crippen LogP contribution in [-0.4, -0.2) is 193 Å². The second-order valence-corrected chi connectivity index (χ2v) is 23.2. The average molecular weight is 1220 g/mol. The zero-order valence-corrected chi connectivity index (χ0v) is 52.0. The van der Waals surface area contributed by atoms with Crippen molar-refractivity contribution < 1.29 is 89.4 Å². The van der Waals surface area contributed by atoms with Crippen molar-refractivity contribution in [3.8, 4) is 0 Å². The molecule has 17 atom stereocenters. The van der Waals surface area contributed by atoms with Gasteiger partial charge >= 0.3 is 0 Å². The van der Waals surface area contributed by atoms with Crippen LogP contribution < -0.4 is 5.32 Å². The molecule has 3 saturated heterocycles. The van der Waals surface area contributed by atoms with E-state index in [-0.39, 0.29) is 18.9 Å². The minimum atomic E-state index is -1.99. The van der Waals surface area contributed by atoms with Crippen molar-refractivity contribution in [2.24, 2.45) is 0 Å². The van der Waals surface area contributed by atoms with Crippen molar-refractivity contribution in [2.75, 3.05) is 26.4 Å². The van der Waals surface area contributed by atoms with Gasteiger partial charge in [0.05, 0.1) is 38.6 Å². The number of hydrogen-bond acceptors (Lipinski definition) is 18. The Hall–Kier alpha value is -3.03. The van der Waals surface area contributed by atoms with Crippen LogP contribution in [0.25, 0.3) is 0 Å². The molecule has 0 saturated carbocycles. The summed E-state index contributed by atoms with van der Waals surface area (Å²) in [5.74, 6) is -0.298. The molecule has 0 aromatic heterocycles. The number of rotatable bonds is 48. The van der Waals surface area contributed by atoms with Crippen LogP contribution in [0.15, 0.2) is 85.1 Å². The minimum Gasteiger partial charge on any atom is -0.394 e. The second kappa shape index (κ2) is 48.8. The first-order valence-electron chi connectivity index (χ1n) is 32.8. The smallest absolute Gasteiger partial charge is 0.220 e. The number of nitrogens with one attached hydrogen (secondary N) is 1. The summed E-state index contributed by atoms with van der Waals surface area (Å²) in [6.07, 6.45) is 34.1. The molecular formula is C67H115NO18. The molecule has 0 aromatic carbocycles. The van der Waals surface area contributed by atoms with Crippen LogP contribution in [0.4, 0.5) is 0 Å². The van der Waals surface area contributed by atoms with Crippen LogP contribution in [0, 0.1) is 0 Å². The van der Waals surface area contributed by atoms with Gasteiger partial charge in [0.2, 0.25) is 5.91 Å². The normalized spacial score (nSPS) is 29.3. The highest BCUT2D eigenvalue weighted by Crippen LogP contribution is 2.33. The second-order valence-electron chi connectivity index (χ2n) is 23.2. The number of hydrogen-bond donors (Lipinski definition) is 12. The van der Waals surface area contributed by atoms with Crippen molar-refractivity contribution >= 4 is 5.91 Å². The zero-order valence-electron chi connectivity index (χ0n) is 52.0. The van der Waals surface area contributed by atoms with Gasteiger partial charge in [0.1, 0.15) is 73.2 Å². The van der Waals surface area contributed by atoms with E-state index < -0.39 is 124 Å². The molecule has 0 spiro atoms. The molecule has 17 unspecified atom stereocenters. The Morgan fingerprint density at radius 1 is 0.430 bits per heavy atom. The van der Waals surface area contributed by atoms with Gasteiger partial charge in [0.15, 0.2) is 18.9 Å². The molecule has 0 radical (unpaired) electrons. The molecule has 19 heteroatoms. The Labute approximate surface area is 514 Å². The van der Waals surface area contributed by atoms with Gasteiger partial charge in [-0.1, -0.05) is 195 Å². The molecule has 19 nitrogen and oxygen atoms in total. The van der Waals surface area contributed by atoms with Crippen LogP contribution in [0.2, 0.25) is 0 Å². The zero-order chi connectivity index (χ0) is 62.6. The number of amides is 1. The van der Waals surface area contributed by atoms with Gasteiger partial charge in [-0.2, -0.15) is 0 Å². The maximum atomic E-state index is 13.4. The van der Waals surface area contributed by atoms with Crippen LogP contribution >= 0.6 is 0 Å². The highest BCUT2D eigenvalue weighted by Gasteiger charge is 2.53. The van der Waals surface area contributed by atoms with E-state index in [1.54, 1.807) is 6.08 Å². The third-order valence-corrected chi connectivity index (χ3v) is 15.9. The number of unbranched alkanes of at least 4 members (excludes halogenated alkanes) is 20. The Morgan fingerprint density at radius 3 is 1.30 bits per heavy atom. The predicted molar refractivity (Wildman–Crippen MR) is 332 cm³/mol. The van der Waals surface area contributed by atoms with Crippen LogP contribution in [0.1, 0.15) is 200 Å². The van der Waals surface area contributed by atoms with E-state index in [0.29, 0.717) is 12.8 Å². The number of aliphatic hydroxyl groups excluding tert-OH is 11. The highest BCUT2D eigenvalue weighted by molar-refractivity contribution is 5.76. The summed E-state index contributed by atoms with van der Waals surface area (Å²) < 4.78 is 34.3. The van der Waals surface area contributed by atoms with E-state index in [9.17, 15) is 61.0 Å². The molecule has 3 fully saturated rings. The predicted octanol–water partition coefficient (Wildman–Crippen LogP) is 7.54. The number of allylic oxidation sites excluding steroid dienone is 13. The fourth-order valence-corrected chi connectivity index (χ4v) is 10.6. The first-order chi connectivity index (χ1) is 41.8. The topological polar surface area (TPSA) is 307 Å². The largest absolute Gasteiger partial charge is 0.394 e. The molecule has 3 heterocycles. The molecule has 0 aliphatic carbocycles. The fraction of sp³-hybridized carbons (Fsp3) is 0.776. The maximum Gasteiger partial charge on any atom is 0.220 e. The molecule has 3 aliphatic rings. The number of carbonyl (C=O) groups excluding carboxylic acids is 1. The Kier molecular flexibility index (Phi) is 43.8. The van der Waals surface area contributed by atoms with Gasteiger partial charge in [-0.25, -0.2) is 0 Å². The van der Waals surface area contributed by atoms with E-state index in [1.807, 2.05) is 6.08 Å². The van der Waals surface area contributed by atoms with Gasteiger partial charge in [0.25, 0.3) is 0 Å². The summed E-state index contributed by atoms with van der Waals surface area (Å²) >= 11 is 0. The molecule has 0 bridgehead atoms. The molecule has 1 amide bonds. The number of aliphatic hydroxyl groups is 11. The van der Waals surface area contributed by atoms with Crippen molar-refractivity contribution in [3.05, 3.63) is 85.1 Å². The summed E-state index contributed by atoms with van der Waals surface area (Å²) in [7, 11) is 0. The van der Waals surface area contributed by atoms with Crippen LogP contribution in [-0.2, 0) is 33.2 Å². The number of ether oxygens (including phenoxy) is 6. The van der Waals surface area contributed by atoms with E-state index in [1.165, 1.54) is 83.5 Å². The first-order valence-corrected chi connectivity index (χ1v) is 32.8. The third kappa shape index (κ3) is 31.1. The lowest BCUT2D eigenvalue weighted by Crippen LogP contribution is -2.66. The van der Waals surface area contributed by atoms with Crippen LogP contribution in [0.3, 0.4) is 0 Å². The van der Waals surface area contributed by atoms with Crippen molar-refractivity contribution in [2.45, 2.75) is 304 Å². The fourth-order valence-electron chi connectivity index (χ4n) is 10.6. The van der Waals surface area contributed by atoms with Gasteiger partial charge < -0.3 is 89.9 Å². The lowest BCUT2D eigenvalue weighted by molar-refractivity contribution is -0.379. The summed E-state index contributed by atoms with van der Waals surface area (Å²) in [6, 6.07) is -1.00. The lowest BCUT2D eigenvalue weighted by atomic mass is 9.96. The summed E-state index contributed by atoms with van der Waals surface area (Å²) in [5.41, 5.74) is 0. The molecule has 496 valence electrons. The van der Waals surface area contributed by atoms with Crippen molar-refractivity contribution in [1.29, 1.82) is 0 Å². The summed E-state index contributed by atoms with van der Waals surface area (Å²) in [4.78, 5) is 13.4. The van der Waals surface area contributed by atoms with Gasteiger partial charge in [-0.3, -0.25) is 4.79 Å². The highest BCUT2D eigenvalue weighted by atomic mass is 16.8. The quantitative estimate of drug-likeness (QED) is 0.0207.